The first kappa shape index (κ1) is 20.9. The van der Waals surface area contributed by atoms with Gasteiger partial charge in [0.05, 0.1) is 0 Å². The second kappa shape index (κ2) is 9.96. The molecule has 0 aromatic heterocycles. The minimum Gasteiger partial charge on any atom is -0.300 e. The summed E-state index contributed by atoms with van der Waals surface area (Å²) in [6.07, 6.45) is 7.58. The highest BCUT2D eigenvalue weighted by Gasteiger charge is 2.29. The van der Waals surface area contributed by atoms with Gasteiger partial charge in [0, 0.05) is 62.3 Å². The number of rotatable bonds is 10. The molecule has 1 rings (SSSR count). The van der Waals surface area contributed by atoms with Gasteiger partial charge in [0.15, 0.2) is 0 Å². The van der Waals surface area contributed by atoms with Crippen LogP contribution in [0.25, 0.3) is 0 Å². The van der Waals surface area contributed by atoms with Gasteiger partial charge in [0.1, 0.15) is 11.9 Å². The molecule has 2 atom stereocenters. The monoisotopic (exact) mass is 334 g/mol. The molecule has 4 heteroatoms. The first-order valence-corrected chi connectivity index (χ1v) is 9.29. The molecular weight excluding hydrogens is 300 g/mol. The minimum atomic E-state index is -0.0738. The maximum Gasteiger partial charge on any atom is 0.120 e. The quantitative estimate of drug-likeness (QED) is 0.576. The standard InChI is InChI=1S/C20H34N2O2/c1-5-7-19(3,9-15-23)17-21-11-13-22(14-12-21)18-20(4,8-6-2)10-16-24/h9-10H,5-8,11-14,17-18H2,1-4H3. The molecule has 136 valence electrons. The van der Waals surface area contributed by atoms with E-state index in [-0.39, 0.29) is 10.8 Å². The van der Waals surface area contributed by atoms with Crippen LogP contribution >= 0.6 is 0 Å². The van der Waals surface area contributed by atoms with Crippen molar-refractivity contribution < 1.29 is 9.59 Å². The molecule has 2 unspecified atom stereocenters. The molecule has 24 heavy (non-hydrogen) atoms. The third-order valence-corrected chi connectivity index (χ3v) is 5.09. The van der Waals surface area contributed by atoms with Gasteiger partial charge in [0.2, 0.25) is 0 Å². The van der Waals surface area contributed by atoms with Crippen LogP contribution in [-0.4, -0.2) is 61.0 Å². The first-order chi connectivity index (χ1) is 11.4. The summed E-state index contributed by atoms with van der Waals surface area (Å²) >= 11 is 0. The van der Waals surface area contributed by atoms with Gasteiger partial charge in [-0.05, 0) is 12.8 Å². The predicted molar refractivity (Wildman–Crippen MR) is 99.4 cm³/mol. The molecule has 1 aliphatic rings. The zero-order valence-electron chi connectivity index (χ0n) is 15.9. The van der Waals surface area contributed by atoms with Crippen LogP contribution in [0.5, 0.6) is 0 Å². The fourth-order valence-corrected chi connectivity index (χ4v) is 3.95. The van der Waals surface area contributed by atoms with Gasteiger partial charge < -0.3 is 0 Å². The lowest BCUT2D eigenvalue weighted by Crippen LogP contribution is -2.51. The van der Waals surface area contributed by atoms with Gasteiger partial charge in [-0.1, -0.05) is 40.5 Å². The van der Waals surface area contributed by atoms with Gasteiger partial charge in [-0.15, -0.1) is 0 Å². The molecule has 0 aromatic rings. The van der Waals surface area contributed by atoms with Crippen molar-refractivity contribution in [2.45, 2.75) is 53.4 Å². The summed E-state index contributed by atoms with van der Waals surface area (Å²) in [6.45, 7) is 14.5. The fraction of sp³-hybridized carbons (Fsp3) is 0.800. The van der Waals surface area contributed by atoms with Crippen LogP contribution in [0.15, 0.2) is 12.2 Å². The smallest absolute Gasteiger partial charge is 0.120 e. The highest BCUT2D eigenvalue weighted by Crippen LogP contribution is 2.28. The Morgan fingerprint density at radius 1 is 0.792 bits per heavy atom. The van der Waals surface area contributed by atoms with Crippen LogP contribution in [0.1, 0.15) is 53.4 Å². The molecule has 4 nitrogen and oxygen atoms in total. The van der Waals surface area contributed by atoms with Gasteiger partial charge in [-0.2, -0.15) is 0 Å². The van der Waals surface area contributed by atoms with Crippen LogP contribution < -0.4 is 0 Å². The highest BCUT2D eigenvalue weighted by molar-refractivity contribution is 5.47. The lowest BCUT2D eigenvalue weighted by molar-refractivity contribution is 0.0819. The molecule has 0 aromatic carbocycles. The van der Waals surface area contributed by atoms with E-state index < -0.39 is 0 Å². The van der Waals surface area contributed by atoms with Crippen molar-refractivity contribution in [2.24, 2.45) is 10.8 Å². The molecule has 0 N–H and O–H groups in total. The second-order valence-corrected chi connectivity index (χ2v) is 7.88. The van der Waals surface area contributed by atoms with Crippen molar-refractivity contribution in [1.82, 2.24) is 9.80 Å². The van der Waals surface area contributed by atoms with Gasteiger partial charge >= 0.3 is 0 Å². The van der Waals surface area contributed by atoms with E-state index in [0.29, 0.717) is 0 Å². The Labute approximate surface area is 147 Å². The Morgan fingerprint density at radius 3 is 1.38 bits per heavy atom. The Kier molecular flexibility index (Phi) is 8.66. The molecular formula is C20H34N2O2. The molecule has 0 radical (unpaired) electrons. The molecule has 1 heterocycles. The van der Waals surface area contributed by atoms with Crippen molar-refractivity contribution in [3.63, 3.8) is 0 Å². The molecule has 1 aliphatic heterocycles. The van der Waals surface area contributed by atoms with E-state index in [1.807, 2.05) is 11.9 Å². The molecule has 0 spiro atoms. The third-order valence-electron chi connectivity index (χ3n) is 5.09. The highest BCUT2D eigenvalue weighted by atomic mass is 16.1. The summed E-state index contributed by atoms with van der Waals surface area (Å²) in [4.78, 5) is 26.6. The van der Waals surface area contributed by atoms with Crippen LogP contribution in [-0.2, 0) is 9.59 Å². The lowest BCUT2D eigenvalue weighted by Gasteiger charge is -2.41. The number of hydrogen-bond donors (Lipinski definition) is 0. The Balaban J connectivity index is 2.57. The number of piperazine rings is 1. The summed E-state index contributed by atoms with van der Waals surface area (Å²) in [7, 11) is 0. The van der Waals surface area contributed by atoms with Crippen molar-refractivity contribution in [1.29, 1.82) is 0 Å². The zero-order valence-corrected chi connectivity index (χ0v) is 15.9. The van der Waals surface area contributed by atoms with E-state index in [1.54, 1.807) is 12.2 Å². The van der Waals surface area contributed by atoms with Crippen LogP contribution in [0.2, 0.25) is 0 Å². The minimum absolute atomic E-state index is 0.0738. The van der Waals surface area contributed by atoms with E-state index in [0.717, 1.165) is 65.0 Å². The number of nitrogens with zero attached hydrogens (tertiary/aromatic N) is 2. The molecule has 1 fully saturated rings. The number of hydrogen-bond acceptors (Lipinski definition) is 4. The topological polar surface area (TPSA) is 40.6 Å². The van der Waals surface area contributed by atoms with E-state index in [4.69, 9.17) is 0 Å². The maximum atomic E-state index is 10.8. The summed E-state index contributed by atoms with van der Waals surface area (Å²) < 4.78 is 0. The van der Waals surface area contributed by atoms with Crippen LogP contribution in [0, 0.1) is 10.8 Å². The van der Waals surface area contributed by atoms with Crippen molar-refractivity contribution in [3.8, 4) is 0 Å². The van der Waals surface area contributed by atoms with E-state index >= 15 is 0 Å². The Bertz CT molecular complexity index is 428. The van der Waals surface area contributed by atoms with Gasteiger partial charge in [0.25, 0.3) is 0 Å². The number of carbonyl (C=O) groups excluding carboxylic acids is 2. The Morgan fingerprint density at radius 2 is 1.12 bits per heavy atom. The van der Waals surface area contributed by atoms with Crippen molar-refractivity contribution in [2.75, 3.05) is 39.3 Å². The zero-order chi connectivity index (χ0) is 18.1. The molecule has 0 amide bonds. The van der Waals surface area contributed by atoms with Crippen LogP contribution in [0.3, 0.4) is 0 Å². The van der Waals surface area contributed by atoms with E-state index in [9.17, 15) is 9.59 Å². The summed E-state index contributed by atoms with van der Waals surface area (Å²) in [5, 5.41) is 0. The summed E-state index contributed by atoms with van der Waals surface area (Å²) in [6, 6.07) is 0. The largest absolute Gasteiger partial charge is 0.300 e. The fourth-order valence-electron chi connectivity index (χ4n) is 3.95. The molecule has 1 saturated heterocycles. The maximum absolute atomic E-state index is 10.8. The lowest BCUT2D eigenvalue weighted by atomic mass is 9.84. The molecule has 0 bridgehead atoms. The SMILES string of the molecule is CCCC(C)(C=C=O)CN1CCN(CC(C)(C=C=O)CCC)CC1. The van der Waals surface area contributed by atoms with E-state index in [2.05, 4.69) is 37.5 Å². The van der Waals surface area contributed by atoms with Crippen molar-refractivity contribution >= 4 is 11.9 Å². The average Bonchev–Trinajstić information content (AvgIpc) is 2.50. The molecule has 0 saturated carbocycles. The Hall–Kier alpha value is -1.18. The summed E-state index contributed by atoms with van der Waals surface area (Å²) in [5.41, 5.74) is -0.148. The third kappa shape index (κ3) is 6.75. The predicted octanol–water partition coefficient (Wildman–Crippen LogP) is 2.99. The normalized spacial score (nSPS) is 21.2. The van der Waals surface area contributed by atoms with Crippen molar-refractivity contribution in [3.05, 3.63) is 12.2 Å². The van der Waals surface area contributed by atoms with Crippen LogP contribution in [0.4, 0.5) is 0 Å². The second-order valence-electron chi connectivity index (χ2n) is 7.88. The van der Waals surface area contributed by atoms with E-state index in [1.165, 1.54) is 0 Å². The average molecular weight is 335 g/mol. The van der Waals surface area contributed by atoms with Gasteiger partial charge in [-0.25, -0.2) is 9.59 Å². The first-order valence-electron chi connectivity index (χ1n) is 9.29. The van der Waals surface area contributed by atoms with Gasteiger partial charge in [-0.3, -0.25) is 9.80 Å². The molecule has 0 aliphatic carbocycles. The summed E-state index contributed by atoms with van der Waals surface area (Å²) in [5.74, 6) is 4.00.